The van der Waals surface area contributed by atoms with Crippen molar-refractivity contribution in [1.82, 2.24) is 15.0 Å². The van der Waals surface area contributed by atoms with Crippen LogP contribution in [-0.2, 0) is 0 Å². The molecule has 10 rings (SSSR count). The number of rotatable bonds is 7. The van der Waals surface area contributed by atoms with Crippen LogP contribution in [-0.4, -0.2) is 15.0 Å². The summed E-state index contributed by atoms with van der Waals surface area (Å²) < 4.78 is 9.05. The number of thiophene rings is 1. The van der Waals surface area contributed by atoms with Crippen molar-refractivity contribution in [3.05, 3.63) is 182 Å². The summed E-state index contributed by atoms with van der Waals surface area (Å²) in [7, 11) is 0. The third kappa shape index (κ3) is 5.73. The molecule has 260 valence electrons. The zero-order chi connectivity index (χ0) is 36.9. The molecule has 0 fully saturated rings. The molecule has 0 saturated heterocycles. The maximum Gasteiger partial charge on any atom is 0.164 e. The highest BCUT2D eigenvalue weighted by atomic mass is 32.1. The van der Waals surface area contributed by atoms with Crippen molar-refractivity contribution >= 4 is 59.0 Å². The van der Waals surface area contributed by atoms with Gasteiger partial charge in [-0.25, -0.2) is 15.0 Å². The Morgan fingerprint density at radius 3 is 1.95 bits per heavy atom. The molecule has 0 amide bonds. The number of aromatic nitrogens is 3. The minimum atomic E-state index is 0.576. The van der Waals surface area contributed by atoms with Crippen LogP contribution in [0.1, 0.15) is 12.7 Å². The lowest BCUT2D eigenvalue weighted by atomic mass is 9.94. The Hall–Kier alpha value is -6.95. The summed E-state index contributed by atoms with van der Waals surface area (Å²) in [6.45, 7) is 6.00. The molecule has 3 aromatic heterocycles. The maximum atomic E-state index is 6.52. The van der Waals surface area contributed by atoms with Crippen LogP contribution in [0.25, 0.3) is 104 Å². The Kier molecular flexibility index (Phi) is 8.01. The summed E-state index contributed by atoms with van der Waals surface area (Å²) >= 11 is 1.84. The Morgan fingerprint density at radius 2 is 1.18 bits per heavy atom. The second kappa shape index (κ2) is 13.5. The van der Waals surface area contributed by atoms with Crippen LogP contribution in [0.3, 0.4) is 0 Å². The molecular weight excluding hydrogens is 691 g/mol. The molecule has 0 aliphatic carbocycles. The standard InChI is InChI=1S/C50H33N3OS/c1-3-31(4-2)48-51-49(35-16-9-6-10-17-35)53-50(52-48)39-19-13-20-44-46(39)42-28-36(26-27-43(42)54-44)40-29-37(30-41-38-18-11-12-21-45(38)55-47(40)41)34-24-22-33(23-25-34)32-14-7-5-8-15-32/h3-30H,1H2,2H3/b31-4+. The molecule has 3 heterocycles. The maximum absolute atomic E-state index is 6.52. The van der Waals surface area contributed by atoms with Gasteiger partial charge in [0.2, 0.25) is 0 Å². The molecule has 0 radical (unpaired) electrons. The van der Waals surface area contributed by atoms with E-state index in [1.54, 1.807) is 6.08 Å². The van der Waals surface area contributed by atoms with Crippen molar-refractivity contribution in [3.63, 3.8) is 0 Å². The molecule has 7 aromatic carbocycles. The van der Waals surface area contributed by atoms with E-state index in [0.29, 0.717) is 17.5 Å². The lowest BCUT2D eigenvalue weighted by molar-refractivity contribution is 0.669. The molecule has 0 saturated carbocycles. The van der Waals surface area contributed by atoms with Crippen molar-refractivity contribution in [3.8, 4) is 56.2 Å². The third-order valence-electron chi connectivity index (χ3n) is 10.3. The van der Waals surface area contributed by atoms with Gasteiger partial charge in [-0.05, 0) is 71.1 Å². The van der Waals surface area contributed by atoms with Crippen LogP contribution < -0.4 is 0 Å². The Balaban J connectivity index is 1.17. The molecule has 55 heavy (non-hydrogen) atoms. The van der Waals surface area contributed by atoms with Crippen molar-refractivity contribution in [2.24, 2.45) is 0 Å². The van der Waals surface area contributed by atoms with E-state index >= 15 is 0 Å². The molecule has 5 heteroatoms. The van der Waals surface area contributed by atoms with Crippen molar-refractivity contribution in [2.45, 2.75) is 6.92 Å². The van der Waals surface area contributed by atoms with Crippen molar-refractivity contribution < 1.29 is 4.42 Å². The third-order valence-corrected chi connectivity index (χ3v) is 11.5. The van der Waals surface area contributed by atoms with Gasteiger partial charge in [0.25, 0.3) is 0 Å². The van der Waals surface area contributed by atoms with E-state index < -0.39 is 0 Å². The summed E-state index contributed by atoms with van der Waals surface area (Å²) in [6.07, 6.45) is 3.76. The average Bonchev–Trinajstić information content (AvgIpc) is 3.83. The van der Waals surface area contributed by atoms with Crippen molar-refractivity contribution in [2.75, 3.05) is 0 Å². The highest BCUT2D eigenvalue weighted by Gasteiger charge is 2.20. The van der Waals surface area contributed by atoms with E-state index in [0.717, 1.165) is 44.2 Å². The van der Waals surface area contributed by atoms with E-state index in [1.807, 2.05) is 66.8 Å². The Morgan fingerprint density at radius 1 is 0.527 bits per heavy atom. The average molecular weight is 724 g/mol. The fourth-order valence-corrected chi connectivity index (χ4v) is 8.77. The van der Waals surface area contributed by atoms with Crippen LogP contribution in [0.4, 0.5) is 0 Å². The Labute approximate surface area is 322 Å². The van der Waals surface area contributed by atoms with Crippen LogP contribution in [0.2, 0.25) is 0 Å². The summed E-state index contributed by atoms with van der Waals surface area (Å²) in [5.74, 6) is 1.76. The molecule has 0 aliphatic rings. The van der Waals surface area contributed by atoms with Gasteiger partial charge in [0.05, 0.1) is 0 Å². The monoisotopic (exact) mass is 723 g/mol. The summed E-state index contributed by atoms with van der Waals surface area (Å²) in [5, 5.41) is 4.50. The number of fused-ring (bicyclic) bond motifs is 6. The van der Waals surface area contributed by atoms with Gasteiger partial charge in [0.1, 0.15) is 11.2 Å². The lowest BCUT2D eigenvalue weighted by Crippen LogP contribution is -2.02. The van der Waals surface area contributed by atoms with Crippen LogP contribution in [0, 0.1) is 0 Å². The predicted octanol–water partition coefficient (Wildman–Crippen LogP) is 14.1. The molecular formula is C50H33N3OS. The fourth-order valence-electron chi connectivity index (χ4n) is 7.55. The first-order valence-electron chi connectivity index (χ1n) is 18.3. The molecule has 0 aliphatic heterocycles. The highest BCUT2D eigenvalue weighted by molar-refractivity contribution is 7.26. The van der Waals surface area contributed by atoms with Gasteiger partial charge in [-0.3, -0.25) is 0 Å². The Bertz CT molecular complexity index is 3100. The second-order valence-corrected chi connectivity index (χ2v) is 14.6. The quantitative estimate of drug-likeness (QED) is 0.154. The first kappa shape index (κ1) is 32.7. The smallest absolute Gasteiger partial charge is 0.164 e. The summed E-state index contributed by atoms with van der Waals surface area (Å²) in [5.41, 5.74) is 11.3. The summed E-state index contributed by atoms with van der Waals surface area (Å²) in [4.78, 5) is 14.9. The first-order chi connectivity index (χ1) is 27.1. The van der Waals surface area contributed by atoms with E-state index in [4.69, 9.17) is 19.4 Å². The highest BCUT2D eigenvalue weighted by Crippen LogP contribution is 2.45. The van der Waals surface area contributed by atoms with E-state index in [-0.39, 0.29) is 0 Å². The van der Waals surface area contributed by atoms with E-state index in [2.05, 4.69) is 122 Å². The van der Waals surface area contributed by atoms with Crippen LogP contribution in [0.15, 0.2) is 181 Å². The topological polar surface area (TPSA) is 51.8 Å². The van der Waals surface area contributed by atoms with E-state index in [1.165, 1.54) is 48.0 Å². The van der Waals surface area contributed by atoms with Gasteiger partial charge in [0.15, 0.2) is 17.5 Å². The van der Waals surface area contributed by atoms with Gasteiger partial charge in [-0.1, -0.05) is 140 Å². The first-order valence-corrected chi connectivity index (χ1v) is 19.1. The van der Waals surface area contributed by atoms with Crippen molar-refractivity contribution in [1.29, 1.82) is 0 Å². The number of allylic oxidation sites excluding steroid dienone is 3. The van der Waals surface area contributed by atoms with Gasteiger partial charge in [-0.2, -0.15) is 0 Å². The number of hydrogen-bond acceptors (Lipinski definition) is 5. The SMILES string of the molecule is C=C/C(=C\C)c1nc(-c2ccccc2)nc(-c2cccc3oc4ccc(-c5cc(-c6ccc(-c7ccccc7)cc6)cc6c5sc5ccccc56)cc4c23)n1. The molecule has 0 N–H and O–H groups in total. The number of nitrogens with zero attached hydrogens (tertiary/aromatic N) is 3. The molecule has 0 spiro atoms. The molecule has 10 aromatic rings. The normalized spacial score (nSPS) is 11.9. The molecule has 0 atom stereocenters. The number of hydrogen-bond donors (Lipinski definition) is 0. The molecule has 4 nitrogen and oxygen atoms in total. The van der Waals surface area contributed by atoms with Crippen LogP contribution >= 0.6 is 11.3 Å². The minimum absolute atomic E-state index is 0.576. The lowest BCUT2D eigenvalue weighted by Gasteiger charge is -2.11. The number of furan rings is 1. The number of benzene rings is 7. The largest absolute Gasteiger partial charge is 0.456 e. The molecule has 0 unspecified atom stereocenters. The van der Waals surface area contributed by atoms with E-state index in [9.17, 15) is 0 Å². The molecule has 0 bridgehead atoms. The zero-order valence-electron chi connectivity index (χ0n) is 30.0. The predicted molar refractivity (Wildman–Crippen MR) is 231 cm³/mol. The summed E-state index contributed by atoms with van der Waals surface area (Å²) in [6, 6.07) is 55.5. The second-order valence-electron chi connectivity index (χ2n) is 13.6. The van der Waals surface area contributed by atoms with Gasteiger partial charge in [0, 0.05) is 53.2 Å². The zero-order valence-corrected chi connectivity index (χ0v) is 30.8. The van der Waals surface area contributed by atoms with Gasteiger partial charge >= 0.3 is 0 Å². The minimum Gasteiger partial charge on any atom is -0.456 e. The van der Waals surface area contributed by atoms with Gasteiger partial charge < -0.3 is 4.42 Å². The van der Waals surface area contributed by atoms with Gasteiger partial charge in [-0.15, -0.1) is 11.3 Å². The fraction of sp³-hybridized carbons (Fsp3) is 0.0200. The van der Waals surface area contributed by atoms with Crippen LogP contribution in [0.5, 0.6) is 0 Å².